The maximum atomic E-state index is 12.2. The van der Waals surface area contributed by atoms with E-state index in [2.05, 4.69) is 30.8 Å². The van der Waals surface area contributed by atoms with Gasteiger partial charge in [0.25, 0.3) is 0 Å². The monoisotopic (exact) mass is 513 g/mol. The van der Waals surface area contributed by atoms with Crippen molar-refractivity contribution in [2.75, 3.05) is 16.9 Å². The van der Waals surface area contributed by atoms with Crippen molar-refractivity contribution in [1.82, 2.24) is 34.7 Å². The molecule has 0 radical (unpaired) electrons. The van der Waals surface area contributed by atoms with E-state index in [1.54, 1.807) is 35.4 Å². The quantitative estimate of drug-likeness (QED) is 0.359. The summed E-state index contributed by atoms with van der Waals surface area (Å²) in [7, 11) is -3.45. The average molecular weight is 514 g/mol. The number of anilines is 4. The molecule has 0 atom stereocenters. The Morgan fingerprint density at radius 2 is 1.83 bits per heavy atom. The Labute approximate surface area is 207 Å². The molecule has 11 nitrogen and oxygen atoms in total. The zero-order valence-corrected chi connectivity index (χ0v) is 20.9. The van der Waals surface area contributed by atoms with Gasteiger partial charge in [0.05, 0.1) is 40.9 Å². The number of aromatic nitrogens is 7. The van der Waals surface area contributed by atoms with Crippen LogP contribution in [0.1, 0.15) is 38.4 Å². The molecule has 0 amide bonds. The Morgan fingerprint density at radius 1 is 1.11 bits per heavy atom. The highest BCUT2D eigenvalue weighted by atomic mass is 35.5. The molecule has 182 valence electrons. The van der Waals surface area contributed by atoms with E-state index in [9.17, 15) is 8.42 Å². The summed E-state index contributed by atoms with van der Waals surface area (Å²) in [6.45, 7) is 3.99. The topological polar surface area (TPSA) is 133 Å². The minimum Gasteiger partial charge on any atom is -0.338 e. The normalized spacial score (nSPS) is 14.2. The number of benzene rings is 1. The van der Waals surface area contributed by atoms with Gasteiger partial charge in [-0.3, -0.25) is 0 Å². The van der Waals surface area contributed by atoms with E-state index in [-0.39, 0.29) is 21.7 Å². The smallest absolute Gasteiger partial charge is 0.230 e. The number of hydrogen-bond acceptors (Lipinski definition) is 9. The van der Waals surface area contributed by atoms with Crippen molar-refractivity contribution < 1.29 is 8.42 Å². The standard InChI is InChI=1S/C22H24ClN9O2S/c1-22(2,32-25-10-11-26-32)18-12-19(31(30-18)14-8-9-14)28-21-24-13-15(23)20(29-21)27-16-6-4-5-7-17(16)35(3,33)34/h4-7,10-14H,8-9H2,1-3H3,(H2,24,27,28,29). The summed E-state index contributed by atoms with van der Waals surface area (Å²) in [6.07, 6.45) is 7.95. The first kappa shape index (κ1) is 23.2. The van der Waals surface area contributed by atoms with Crippen LogP contribution in [0.5, 0.6) is 0 Å². The molecule has 0 bridgehead atoms. The fraction of sp³-hybridized carbons (Fsp3) is 0.318. The molecule has 0 unspecified atom stereocenters. The highest BCUT2D eigenvalue weighted by Gasteiger charge is 2.33. The number of para-hydroxylation sites is 1. The van der Waals surface area contributed by atoms with Gasteiger partial charge < -0.3 is 10.6 Å². The second-order valence-corrected chi connectivity index (χ2v) is 11.3. The van der Waals surface area contributed by atoms with Gasteiger partial charge in [0.2, 0.25) is 5.95 Å². The SMILES string of the molecule is CC(C)(c1cc(Nc2ncc(Cl)c(Nc3ccccc3S(C)(=O)=O)n2)n(C2CC2)n1)n1nccn1. The third-order valence-corrected chi connectivity index (χ3v) is 7.13. The maximum Gasteiger partial charge on any atom is 0.230 e. The summed E-state index contributed by atoms with van der Waals surface area (Å²) >= 11 is 6.33. The van der Waals surface area contributed by atoms with Gasteiger partial charge in [0, 0.05) is 12.3 Å². The molecule has 3 heterocycles. The van der Waals surface area contributed by atoms with Gasteiger partial charge >= 0.3 is 0 Å². The molecular weight excluding hydrogens is 490 g/mol. The lowest BCUT2D eigenvalue weighted by Gasteiger charge is -2.20. The fourth-order valence-corrected chi connectivity index (χ4v) is 4.62. The zero-order chi connectivity index (χ0) is 24.8. The van der Waals surface area contributed by atoms with Gasteiger partial charge in [-0.05, 0) is 38.8 Å². The minimum absolute atomic E-state index is 0.148. The molecule has 1 aromatic carbocycles. The molecular formula is C22H24ClN9O2S. The molecule has 35 heavy (non-hydrogen) atoms. The first-order valence-electron chi connectivity index (χ1n) is 11.0. The molecule has 1 fully saturated rings. The first-order valence-corrected chi connectivity index (χ1v) is 13.2. The van der Waals surface area contributed by atoms with Crippen molar-refractivity contribution in [3.8, 4) is 0 Å². The van der Waals surface area contributed by atoms with Crippen molar-refractivity contribution in [3.63, 3.8) is 0 Å². The van der Waals surface area contributed by atoms with Crippen LogP contribution in [0.2, 0.25) is 5.02 Å². The van der Waals surface area contributed by atoms with E-state index in [0.29, 0.717) is 11.7 Å². The first-order chi connectivity index (χ1) is 16.6. The zero-order valence-electron chi connectivity index (χ0n) is 19.3. The second kappa shape index (κ2) is 8.61. The second-order valence-electron chi connectivity index (χ2n) is 8.88. The minimum atomic E-state index is -3.45. The predicted octanol–water partition coefficient (Wildman–Crippen LogP) is 3.93. The van der Waals surface area contributed by atoms with Crippen LogP contribution in [0, 0.1) is 0 Å². The largest absolute Gasteiger partial charge is 0.338 e. The highest BCUT2D eigenvalue weighted by Crippen LogP contribution is 2.39. The van der Waals surface area contributed by atoms with Crippen molar-refractivity contribution in [3.05, 3.63) is 59.6 Å². The predicted molar refractivity (Wildman–Crippen MR) is 132 cm³/mol. The van der Waals surface area contributed by atoms with E-state index in [1.165, 1.54) is 12.3 Å². The molecule has 1 aliphatic rings. The summed E-state index contributed by atoms with van der Waals surface area (Å²) < 4.78 is 26.3. The lowest BCUT2D eigenvalue weighted by molar-refractivity contribution is 0.331. The van der Waals surface area contributed by atoms with E-state index < -0.39 is 15.4 Å². The van der Waals surface area contributed by atoms with Gasteiger partial charge in [-0.1, -0.05) is 23.7 Å². The van der Waals surface area contributed by atoms with E-state index in [1.807, 2.05) is 24.6 Å². The van der Waals surface area contributed by atoms with Gasteiger partial charge in [0.1, 0.15) is 16.4 Å². The van der Waals surface area contributed by atoms with Crippen molar-refractivity contribution in [2.45, 2.75) is 43.2 Å². The fourth-order valence-electron chi connectivity index (χ4n) is 3.64. The third kappa shape index (κ3) is 4.71. The lowest BCUT2D eigenvalue weighted by atomic mass is 10.0. The summed E-state index contributed by atoms with van der Waals surface area (Å²) in [5.74, 6) is 1.30. The van der Waals surface area contributed by atoms with Crippen LogP contribution in [-0.2, 0) is 15.4 Å². The number of nitrogens with one attached hydrogen (secondary N) is 2. The Bertz CT molecular complexity index is 1480. The summed E-state index contributed by atoms with van der Waals surface area (Å²) in [5.41, 5.74) is 0.598. The maximum absolute atomic E-state index is 12.2. The summed E-state index contributed by atoms with van der Waals surface area (Å²) in [4.78, 5) is 10.6. The molecule has 1 saturated carbocycles. The Morgan fingerprint density at radius 3 is 2.51 bits per heavy atom. The third-order valence-electron chi connectivity index (χ3n) is 5.70. The van der Waals surface area contributed by atoms with Crippen LogP contribution >= 0.6 is 11.6 Å². The molecule has 0 aliphatic heterocycles. The van der Waals surface area contributed by atoms with Gasteiger partial charge in [-0.25, -0.2) is 18.1 Å². The van der Waals surface area contributed by atoms with Crippen LogP contribution in [-0.4, -0.2) is 49.4 Å². The number of halogens is 1. The van der Waals surface area contributed by atoms with E-state index >= 15 is 0 Å². The lowest BCUT2D eigenvalue weighted by Crippen LogP contribution is -2.30. The molecule has 2 N–H and O–H groups in total. The number of sulfone groups is 1. The molecule has 0 saturated heterocycles. The van der Waals surface area contributed by atoms with Crippen molar-refractivity contribution in [1.29, 1.82) is 0 Å². The molecule has 1 aliphatic carbocycles. The van der Waals surface area contributed by atoms with Crippen LogP contribution in [0.25, 0.3) is 0 Å². The average Bonchev–Trinajstić information content (AvgIpc) is 3.30. The van der Waals surface area contributed by atoms with Crippen LogP contribution in [0.4, 0.5) is 23.3 Å². The van der Waals surface area contributed by atoms with E-state index in [0.717, 1.165) is 30.6 Å². The molecule has 4 aromatic rings. The number of rotatable bonds is 8. The van der Waals surface area contributed by atoms with Crippen LogP contribution in [0.3, 0.4) is 0 Å². The summed E-state index contributed by atoms with van der Waals surface area (Å²) in [6, 6.07) is 8.80. The van der Waals surface area contributed by atoms with Gasteiger partial charge in [-0.2, -0.15) is 25.1 Å². The number of nitrogens with zero attached hydrogens (tertiary/aromatic N) is 7. The van der Waals surface area contributed by atoms with E-state index in [4.69, 9.17) is 16.7 Å². The van der Waals surface area contributed by atoms with Crippen molar-refractivity contribution >= 4 is 44.7 Å². The van der Waals surface area contributed by atoms with Crippen LogP contribution < -0.4 is 10.6 Å². The molecule has 3 aromatic heterocycles. The molecule has 13 heteroatoms. The highest BCUT2D eigenvalue weighted by molar-refractivity contribution is 7.90. The number of hydrogen-bond donors (Lipinski definition) is 2. The Hall–Kier alpha value is -3.51. The van der Waals surface area contributed by atoms with Gasteiger partial charge in [0.15, 0.2) is 15.7 Å². The summed E-state index contributed by atoms with van der Waals surface area (Å²) in [5, 5.41) is 19.9. The van der Waals surface area contributed by atoms with Gasteiger partial charge in [-0.15, -0.1) is 0 Å². The molecule has 0 spiro atoms. The Kier molecular flexibility index (Phi) is 5.72. The van der Waals surface area contributed by atoms with Crippen LogP contribution in [0.15, 0.2) is 53.8 Å². The molecule has 5 rings (SSSR count). The Balaban J connectivity index is 1.46. The van der Waals surface area contributed by atoms with Crippen molar-refractivity contribution in [2.24, 2.45) is 0 Å².